The highest BCUT2D eigenvalue weighted by Crippen LogP contribution is 2.15. The van der Waals surface area contributed by atoms with Crippen LogP contribution < -0.4 is 11.1 Å². The van der Waals surface area contributed by atoms with Crippen LogP contribution in [0, 0.1) is 6.92 Å². The van der Waals surface area contributed by atoms with E-state index in [0.29, 0.717) is 11.0 Å². The fourth-order valence-corrected chi connectivity index (χ4v) is 1.77. The van der Waals surface area contributed by atoms with E-state index in [1.54, 1.807) is 18.2 Å². The van der Waals surface area contributed by atoms with E-state index in [0.717, 1.165) is 11.1 Å². The van der Waals surface area contributed by atoms with E-state index in [1.807, 2.05) is 31.2 Å². The maximum absolute atomic E-state index is 12.0. The highest BCUT2D eigenvalue weighted by Gasteiger charge is 2.16. The van der Waals surface area contributed by atoms with Crippen molar-refractivity contribution >= 4 is 23.3 Å². The lowest BCUT2D eigenvalue weighted by atomic mass is 10.1. The van der Waals surface area contributed by atoms with Crippen molar-refractivity contribution < 1.29 is 4.79 Å². The Hall–Kier alpha value is -1.91. The Morgan fingerprint density at radius 3 is 2.58 bits per heavy atom. The molecular weight excluding hydrogens is 262 g/mol. The van der Waals surface area contributed by atoms with Gasteiger partial charge in [-0.3, -0.25) is 4.79 Å². The first-order chi connectivity index (χ1) is 9.06. The first-order valence-corrected chi connectivity index (χ1v) is 6.19. The smallest absolute Gasteiger partial charge is 0.247 e. The number of anilines is 1. The Morgan fingerprint density at radius 2 is 1.95 bits per heavy atom. The number of nitrogens with two attached hydrogens (primary N) is 1. The minimum absolute atomic E-state index is 0.321. The molecule has 0 radical (unpaired) electrons. The molecule has 0 saturated heterocycles. The summed E-state index contributed by atoms with van der Waals surface area (Å²) in [5.41, 5.74) is 7.77. The van der Waals surface area contributed by atoms with Gasteiger partial charge in [0.1, 0.15) is 17.0 Å². The normalized spacial score (nSPS) is 11.9. The van der Waals surface area contributed by atoms with Gasteiger partial charge in [0.15, 0.2) is 0 Å². The topological polar surface area (TPSA) is 68.0 Å². The Labute approximate surface area is 116 Å². The predicted octanol–water partition coefficient (Wildman–Crippen LogP) is 2.68. The molecule has 1 unspecified atom stereocenters. The maximum Gasteiger partial charge on any atom is 0.247 e. The van der Waals surface area contributed by atoms with Crippen molar-refractivity contribution in [2.75, 3.05) is 5.32 Å². The number of aryl methyl sites for hydroxylation is 1. The molecule has 0 fully saturated rings. The van der Waals surface area contributed by atoms with Gasteiger partial charge in [0.05, 0.1) is 0 Å². The molecule has 1 aromatic carbocycles. The number of benzene rings is 1. The average Bonchev–Trinajstić information content (AvgIpc) is 2.39. The van der Waals surface area contributed by atoms with Gasteiger partial charge in [-0.1, -0.05) is 47.5 Å². The van der Waals surface area contributed by atoms with Crippen LogP contribution in [-0.4, -0.2) is 10.9 Å². The third-order valence-corrected chi connectivity index (χ3v) is 2.90. The number of rotatable bonds is 3. The van der Waals surface area contributed by atoms with Gasteiger partial charge in [-0.15, -0.1) is 0 Å². The van der Waals surface area contributed by atoms with Crippen LogP contribution in [-0.2, 0) is 4.79 Å². The zero-order chi connectivity index (χ0) is 13.8. The summed E-state index contributed by atoms with van der Waals surface area (Å²) in [4.78, 5) is 16.0. The van der Waals surface area contributed by atoms with E-state index in [2.05, 4.69) is 10.3 Å². The molecule has 0 aliphatic heterocycles. The van der Waals surface area contributed by atoms with Crippen LogP contribution in [0.4, 0.5) is 5.82 Å². The molecule has 98 valence electrons. The summed E-state index contributed by atoms with van der Waals surface area (Å²) < 4.78 is 0. The number of carbonyl (C=O) groups is 1. The molecule has 5 heteroatoms. The fourth-order valence-electron chi connectivity index (χ4n) is 1.61. The second-order valence-corrected chi connectivity index (χ2v) is 4.61. The van der Waals surface area contributed by atoms with Gasteiger partial charge in [0, 0.05) is 0 Å². The average molecular weight is 276 g/mol. The summed E-state index contributed by atoms with van der Waals surface area (Å²) in [7, 11) is 0. The SMILES string of the molecule is Cc1ccc(C(N)C(=O)Nc2cccc(Cl)n2)cc1. The van der Waals surface area contributed by atoms with Crippen molar-refractivity contribution in [2.45, 2.75) is 13.0 Å². The number of nitrogens with zero attached hydrogens (tertiary/aromatic N) is 1. The van der Waals surface area contributed by atoms with Gasteiger partial charge >= 0.3 is 0 Å². The number of amides is 1. The van der Waals surface area contributed by atoms with Crippen LogP contribution in [0.2, 0.25) is 5.15 Å². The van der Waals surface area contributed by atoms with Crippen molar-refractivity contribution in [1.82, 2.24) is 4.98 Å². The molecule has 1 amide bonds. The minimum atomic E-state index is -0.735. The van der Waals surface area contributed by atoms with E-state index in [1.165, 1.54) is 0 Å². The van der Waals surface area contributed by atoms with E-state index in [-0.39, 0.29) is 5.91 Å². The summed E-state index contributed by atoms with van der Waals surface area (Å²) in [6, 6.07) is 11.8. The maximum atomic E-state index is 12.0. The summed E-state index contributed by atoms with van der Waals surface area (Å²) in [6.45, 7) is 1.98. The largest absolute Gasteiger partial charge is 0.316 e. The van der Waals surface area contributed by atoms with E-state index >= 15 is 0 Å². The van der Waals surface area contributed by atoms with Gasteiger partial charge in [-0.25, -0.2) is 4.98 Å². The molecule has 4 nitrogen and oxygen atoms in total. The molecule has 0 spiro atoms. The number of hydrogen-bond acceptors (Lipinski definition) is 3. The molecule has 0 bridgehead atoms. The van der Waals surface area contributed by atoms with Gasteiger partial charge < -0.3 is 11.1 Å². The number of nitrogens with one attached hydrogen (secondary N) is 1. The van der Waals surface area contributed by atoms with E-state index in [4.69, 9.17) is 17.3 Å². The van der Waals surface area contributed by atoms with Crippen LogP contribution in [0.3, 0.4) is 0 Å². The van der Waals surface area contributed by atoms with Gasteiger partial charge in [0.2, 0.25) is 5.91 Å². The third-order valence-electron chi connectivity index (χ3n) is 2.69. The van der Waals surface area contributed by atoms with Gasteiger partial charge in [0.25, 0.3) is 0 Å². The third kappa shape index (κ3) is 3.53. The van der Waals surface area contributed by atoms with Crippen molar-refractivity contribution in [3.63, 3.8) is 0 Å². The summed E-state index contributed by atoms with van der Waals surface area (Å²) in [5.74, 6) is 0.0682. The molecular formula is C14H14ClN3O. The second-order valence-electron chi connectivity index (χ2n) is 4.22. The molecule has 1 heterocycles. The Balaban J connectivity index is 2.09. The lowest BCUT2D eigenvalue weighted by Crippen LogP contribution is -2.28. The van der Waals surface area contributed by atoms with Crippen LogP contribution in [0.1, 0.15) is 17.2 Å². The van der Waals surface area contributed by atoms with Crippen molar-refractivity contribution in [2.24, 2.45) is 5.73 Å². The van der Waals surface area contributed by atoms with Gasteiger partial charge in [-0.05, 0) is 24.6 Å². The van der Waals surface area contributed by atoms with Crippen LogP contribution in [0.25, 0.3) is 0 Å². The molecule has 19 heavy (non-hydrogen) atoms. The Bertz CT molecular complexity index is 583. The molecule has 2 aromatic rings. The standard InChI is InChI=1S/C14H14ClN3O/c1-9-5-7-10(8-6-9)13(16)14(19)18-12-4-2-3-11(15)17-12/h2-8,13H,16H2,1H3,(H,17,18,19). The highest BCUT2D eigenvalue weighted by molar-refractivity contribution is 6.29. The van der Waals surface area contributed by atoms with Crippen LogP contribution in [0.15, 0.2) is 42.5 Å². The summed E-state index contributed by atoms with van der Waals surface area (Å²) >= 11 is 5.75. The molecule has 2 rings (SSSR count). The molecule has 1 atom stereocenters. The van der Waals surface area contributed by atoms with Crippen molar-refractivity contribution in [1.29, 1.82) is 0 Å². The minimum Gasteiger partial charge on any atom is -0.316 e. The van der Waals surface area contributed by atoms with E-state index in [9.17, 15) is 4.79 Å². The number of carbonyl (C=O) groups excluding carboxylic acids is 1. The zero-order valence-corrected chi connectivity index (χ0v) is 11.2. The molecule has 0 saturated carbocycles. The number of aromatic nitrogens is 1. The first kappa shape index (κ1) is 13.5. The number of hydrogen-bond donors (Lipinski definition) is 2. The van der Waals surface area contributed by atoms with Gasteiger partial charge in [-0.2, -0.15) is 0 Å². The Kier molecular flexibility index (Phi) is 4.14. The quantitative estimate of drug-likeness (QED) is 0.846. The molecule has 1 aromatic heterocycles. The van der Waals surface area contributed by atoms with Crippen LogP contribution >= 0.6 is 11.6 Å². The summed E-state index contributed by atoms with van der Waals surface area (Å²) in [5, 5.41) is 2.96. The lowest BCUT2D eigenvalue weighted by molar-refractivity contribution is -0.117. The fraction of sp³-hybridized carbons (Fsp3) is 0.143. The Morgan fingerprint density at radius 1 is 1.26 bits per heavy atom. The van der Waals surface area contributed by atoms with E-state index < -0.39 is 6.04 Å². The number of halogens is 1. The van der Waals surface area contributed by atoms with Crippen molar-refractivity contribution in [3.05, 3.63) is 58.7 Å². The highest BCUT2D eigenvalue weighted by atomic mass is 35.5. The van der Waals surface area contributed by atoms with Crippen molar-refractivity contribution in [3.8, 4) is 0 Å². The predicted molar refractivity (Wildman–Crippen MR) is 76.0 cm³/mol. The zero-order valence-electron chi connectivity index (χ0n) is 10.4. The summed E-state index contributed by atoms with van der Waals surface area (Å²) in [6.07, 6.45) is 0. The molecule has 0 aliphatic carbocycles. The monoisotopic (exact) mass is 275 g/mol. The molecule has 0 aliphatic rings. The van der Waals surface area contributed by atoms with Crippen LogP contribution in [0.5, 0.6) is 0 Å². The first-order valence-electron chi connectivity index (χ1n) is 5.82. The second kappa shape index (κ2) is 5.82. The molecule has 3 N–H and O–H groups in total. The number of pyridine rings is 1. The lowest BCUT2D eigenvalue weighted by Gasteiger charge is -2.12.